The molecule has 0 amide bonds. The van der Waals surface area contributed by atoms with Gasteiger partial charge in [-0.25, -0.2) is 0 Å². The van der Waals surface area contributed by atoms with Crippen LogP contribution in [0.25, 0.3) is 0 Å². The van der Waals surface area contributed by atoms with Gasteiger partial charge in [0.25, 0.3) is 0 Å². The van der Waals surface area contributed by atoms with Gasteiger partial charge in [0.1, 0.15) is 0 Å². The molecular weight excluding hydrogens is 156 g/mol. The van der Waals surface area contributed by atoms with Crippen molar-refractivity contribution in [1.82, 2.24) is 0 Å². The van der Waals surface area contributed by atoms with Gasteiger partial charge < -0.3 is 9.84 Å². The molecule has 1 N–H and O–H groups in total. The van der Waals surface area contributed by atoms with E-state index < -0.39 is 11.9 Å². The molecular formula is C9H8O3. The first-order valence-corrected chi connectivity index (χ1v) is 3.73. The lowest BCUT2D eigenvalue weighted by Crippen LogP contribution is -2.06. The van der Waals surface area contributed by atoms with Crippen molar-refractivity contribution < 1.29 is 14.6 Å². The summed E-state index contributed by atoms with van der Waals surface area (Å²) >= 11 is 0. The van der Waals surface area contributed by atoms with Crippen LogP contribution in [0.15, 0.2) is 18.2 Å². The fourth-order valence-electron chi connectivity index (χ4n) is 1.18. The molecule has 0 fully saturated rings. The third-order valence-electron chi connectivity index (χ3n) is 2.02. The number of hydrogen-bond acceptors (Lipinski definition) is 2. The summed E-state index contributed by atoms with van der Waals surface area (Å²) in [5.74, 6) is 0.245. The molecule has 1 aliphatic rings. The molecule has 3 heteroatoms. The van der Waals surface area contributed by atoms with Gasteiger partial charge >= 0.3 is 5.97 Å². The second-order valence-electron chi connectivity index (χ2n) is 2.84. The summed E-state index contributed by atoms with van der Waals surface area (Å²) in [6.45, 7) is 1.65. The van der Waals surface area contributed by atoms with Crippen LogP contribution in [0.2, 0.25) is 0 Å². The number of fused-ring (bicyclic) bond motifs is 1. The smallest absolute Gasteiger partial charge is 0.310 e. The SMILES string of the molecule is CC(C(=O)O)c1cccc2c1O2. The Bertz CT molecular complexity index is 344. The van der Waals surface area contributed by atoms with Crippen LogP contribution >= 0.6 is 0 Å². The Morgan fingerprint density at radius 2 is 2.33 bits per heavy atom. The largest absolute Gasteiger partial charge is 0.481 e. The predicted molar refractivity (Wildman–Crippen MR) is 42.6 cm³/mol. The maximum atomic E-state index is 10.6. The number of para-hydroxylation sites is 1. The second-order valence-corrected chi connectivity index (χ2v) is 2.84. The van der Waals surface area contributed by atoms with Crippen molar-refractivity contribution >= 4 is 5.97 Å². The van der Waals surface area contributed by atoms with Gasteiger partial charge in [0, 0.05) is 5.56 Å². The van der Waals surface area contributed by atoms with E-state index in [-0.39, 0.29) is 0 Å². The lowest BCUT2D eigenvalue weighted by molar-refractivity contribution is -0.138. The molecule has 0 radical (unpaired) electrons. The molecule has 1 aliphatic heterocycles. The Hall–Kier alpha value is -1.51. The van der Waals surface area contributed by atoms with E-state index in [2.05, 4.69) is 0 Å². The lowest BCUT2D eigenvalue weighted by atomic mass is 10.0. The number of carboxylic acids is 1. The van der Waals surface area contributed by atoms with E-state index in [4.69, 9.17) is 9.84 Å². The molecule has 0 saturated heterocycles. The standard InChI is InChI=1S/C9H8O3/c1-5(9(10)11)6-3-2-4-7-8(6)12-7/h2-5H,1H3,(H,10,11). The maximum Gasteiger partial charge on any atom is 0.310 e. The summed E-state index contributed by atoms with van der Waals surface area (Å²) in [7, 11) is 0. The zero-order valence-corrected chi connectivity index (χ0v) is 6.57. The molecule has 1 aromatic rings. The topological polar surface area (TPSA) is 49.8 Å². The van der Waals surface area contributed by atoms with Gasteiger partial charge in [-0.05, 0) is 13.0 Å². The van der Waals surface area contributed by atoms with Gasteiger partial charge in [0.15, 0.2) is 11.5 Å². The summed E-state index contributed by atoms with van der Waals surface area (Å²) in [4.78, 5) is 10.6. The first-order chi connectivity index (χ1) is 5.70. The summed E-state index contributed by atoms with van der Waals surface area (Å²) in [6, 6.07) is 5.42. The second kappa shape index (κ2) is 2.24. The minimum atomic E-state index is -0.820. The fraction of sp³-hybridized carbons (Fsp3) is 0.222. The van der Waals surface area contributed by atoms with Crippen LogP contribution in [0.3, 0.4) is 0 Å². The molecule has 1 atom stereocenters. The van der Waals surface area contributed by atoms with Crippen LogP contribution in [0.5, 0.6) is 11.5 Å². The minimum absolute atomic E-state index is 0.484. The third-order valence-corrected chi connectivity index (χ3v) is 2.02. The van der Waals surface area contributed by atoms with E-state index in [1.54, 1.807) is 19.1 Å². The molecule has 1 heterocycles. The molecule has 1 aromatic carbocycles. The molecule has 0 saturated carbocycles. The monoisotopic (exact) mass is 164 g/mol. The Morgan fingerprint density at radius 1 is 1.58 bits per heavy atom. The normalized spacial score (nSPS) is 14.4. The van der Waals surface area contributed by atoms with Crippen molar-refractivity contribution in [2.45, 2.75) is 12.8 Å². The Labute approximate surface area is 69.6 Å². The number of ether oxygens (including phenoxy) is 1. The number of carbonyl (C=O) groups is 1. The number of benzene rings is 1. The van der Waals surface area contributed by atoms with Crippen molar-refractivity contribution in [2.24, 2.45) is 0 Å². The molecule has 12 heavy (non-hydrogen) atoms. The Balaban J connectivity index is 2.37. The van der Waals surface area contributed by atoms with Gasteiger partial charge in [-0.15, -0.1) is 0 Å². The average Bonchev–Trinajstić information content (AvgIpc) is 2.80. The van der Waals surface area contributed by atoms with E-state index in [1.807, 2.05) is 6.07 Å². The minimum Gasteiger partial charge on any atom is -0.481 e. The van der Waals surface area contributed by atoms with Crippen molar-refractivity contribution in [1.29, 1.82) is 0 Å². The molecule has 62 valence electrons. The molecule has 3 nitrogen and oxygen atoms in total. The molecule has 0 aliphatic carbocycles. The van der Waals surface area contributed by atoms with Gasteiger partial charge in [-0.1, -0.05) is 12.1 Å². The van der Waals surface area contributed by atoms with Crippen molar-refractivity contribution in [3.63, 3.8) is 0 Å². The van der Waals surface area contributed by atoms with Gasteiger partial charge in [0.05, 0.1) is 5.92 Å². The zero-order chi connectivity index (χ0) is 8.72. The van der Waals surface area contributed by atoms with Gasteiger partial charge in [-0.3, -0.25) is 4.79 Å². The molecule has 0 bridgehead atoms. The summed E-state index contributed by atoms with van der Waals surface area (Å²) < 4.78 is 5.08. The van der Waals surface area contributed by atoms with Gasteiger partial charge in [0.2, 0.25) is 0 Å². The quantitative estimate of drug-likeness (QED) is 0.690. The number of hydrogen-bond donors (Lipinski definition) is 1. The van der Waals surface area contributed by atoms with Crippen LogP contribution in [0, 0.1) is 0 Å². The first-order valence-electron chi connectivity index (χ1n) is 3.73. The van der Waals surface area contributed by atoms with E-state index in [9.17, 15) is 4.79 Å². The van der Waals surface area contributed by atoms with Crippen LogP contribution in [-0.2, 0) is 4.79 Å². The lowest BCUT2D eigenvalue weighted by Gasteiger charge is -2.02. The van der Waals surface area contributed by atoms with Crippen molar-refractivity contribution in [2.75, 3.05) is 0 Å². The first kappa shape index (κ1) is 7.16. The summed E-state index contributed by atoms with van der Waals surface area (Å²) in [5, 5.41) is 8.73. The number of rotatable bonds is 2. The average molecular weight is 164 g/mol. The Morgan fingerprint density at radius 3 is 3.00 bits per heavy atom. The van der Waals surface area contributed by atoms with Crippen LogP contribution in [0.4, 0.5) is 0 Å². The summed E-state index contributed by atoms with van der Waals surface area (Å²) in [6.07, 6.45) is 0. The highest BCUT2D eigenvalue weighted by Crippen LogP contribution is 2.50. The van der Waals surface area contributed by atoms with E-state index in [0.717, 1.165) is 17.1 Å². The third kappa shape index (κ3) is 0.942. The molecule has 0 aromatic heterocycles. The van der Waals surface area contributed by atoms with Crippen LogP contribution in [-0.4, -0.2) is 11.1 Å². The van der Waals surface area contributed by atoms with Crippen LogP contribution < -0.4 is 4.74 Å². The molecule has 1 unspecified atom stereocenters. The van der Waals surface area contributed by atoms with Crippen LogP contribution in [0.1, 0.15) is 18.4 Å². The number of carboxylic acid groups (broad SMARTS) is 1. The zero-order valence-electron chi connectivity index (χ0n) is 6.57. The summed E-state index contributed by atoms with van der Waals surface area (Å²) in [5.41, 5.74) is 0.764. The van der Waals surface area contributed by atoms with E-state index in [0.29, 0.717) is 0 Å². The maximum absolute atomic E-state index is 10.6. The van der Waals surface area contributed by atoms with Crippen molar-refractivity contribution in [3.05, 3.63) is 23.8 Å². The predicted octanol–water partition coefficient (Wildman–Crippen LogP) is 1.98. The van der Waals surface area contributed by atoms with E-state index in [1.165, 1.54) is 0 Å². The van der Waals surface area contributed by atoms with Crippen molar-refractivity contribution in [3.8, 4) is 11.5 Å². The molecule has 2 rings (SSSR count). The Kier molecular flexibility index (Phi) is 1.33. The van der Waals surface area contributed by atoms with E-state index >= 15 is 0 Å². The highest BCUT2D eigenvalue weighted by molar-refractivity contribution is 5.79. The molecule has 0 spiro atoms. The highest BCUT2D eigenvalue weighted by atomic mass is 16.6. The van der Waals surface area contributed by atoms with Gasteiger partial charge in [-0.2, -0.15) is 0 Å². The number of aliphatic carboxylic acids is 1. The highest BCUT2D eigenvalue weighted by Gasteiger charge is 2.29. The fourth-order valence-corrected chi connectivity index (χ4v) is 1.18.